The first kappa shape index (κ1) is 24.9. The SMILES string of the molecule is CCCCCC(CCC)COS(=O)(=O)OCC(CCC)CCCCC. The quantitative estimate of drug-likeness (QED) is 0.264. The van der Waals surface area contributed by atoms with Gasteiger partial charge in [0.05, 0.1) is 13.2 Å². The van der Waals surface area contributed by atoms with Crippen molar-refractivity contribution >= 4 is 10.4 Å². The summed E-state index contributed by atoms with van der Waals surface area (Å²) in [6.07, 6.45) is 13.2. The fraction of sp³-hybridized carbons (Fsp3) is 1.00. The third-order valence-corrected chi connectivity index (χ3v) is 5.57. The highest BCUT2D eigenvalue weighted by atomic mass is 32.3. The van der Waals surface area contributed by atoms with Crippen molar-refractivity contribution in [2.24, 2.45) is 11.8 Å². The number of unbranched alkanes of at least 4 members (excludes halogenated alkanes) is 4. The minimum Gasteiger partial charge on any atom is -0.248 e. The molecular formula is C20H42O4S. The van der Waals surface area contributed by atoms with Crippen molar-refractivity contribution in [3.05, 3.63) is 0 Å². The summed E-state index contributed by atoms with van der Waals surface area (Å²) in [5.41, 5.74) is 0. The van der Waals surface area contributed by atoms with Crippen LogP contribution in [0.3, 0.4) is 0 Å². The molecule has 0 saturated heterocycles. The van der Waals surface area contributed by atoms with Gasteiger partial charge in [0, 0.05) is 0 Å². The lowest BCUT2D eigenvalue weighted by Crippen LogP contribution is -2.20. The van der Waals surface area contributed by atoms with Crippen LogP contribution in [0.5, 0.6) is 0 Å². The second kappa shape index (κ2) is 16.1. The van der Waals surface area contributed by atoms with Gasteiger partial charge in [-0.15, -0.1) is 0 Å². The van der Waals surface area contributed by atoms with E-state index >= 15 is 0 Å². The molecule has 0 aliphatic rings. The fourth-order valence-electron chi connectivity index (χ4n) is 3.20. The van der Waals surface area contributed by atoms with Crippen LogP contribution in [-0.2, 0) is 18.8 Å². The molecule has 0 saturated carbocycles. The average Bonchev–Trinajstić information content (AvgIpc) is 2.58. The standard InChI is InChI=1S/C20H42O4S/c1-5-9-11-15-19(13-7-3)17-23-25(21,22)24-18-20(14-8-4)16-12-10-6-2/h19-20H,5-18H2,1-4H3. The zero-order valence-corrected chi connectivity index (χ0v) is 17.9. The van der Waals surface area contributed by atoms with E-state index in [2.05, 4.69) is 27.7 Å². The molecule has 0 heterocycles. The molecule has 0 N–H and O–H groups in total. The van der Waals surface area contributed by atoms with Crippen LogP contribution in [0, 0.1) is 11.8 Å². The Kier molecular flexibility index (Phi) is 16.0. The van der Waals surface area contributed by atoms with Crippen LogP contribution in [0.2, 0.25) is 0 Å². The van der Waals surface area contributed by atoms with Gasteiger partial charge in [-0.25, -0.2) is 8.37 Å². The Morgan fingerprint density at radius 2 is 1.00 bits per heavy atom. The third-order valence-electron chi connectivity index (χ3n) is 4.72. The van der Waals surface area contributed by atoms with Gasteiger partial charge in [-0.05, 0) is 37.5 Å². The predicted molar refractivity (Wildman–Crippen MR) is 106 cm³/mol. The van der Waals surface area contributed by atoms with Crippen molar-refractivity contribution in [1.29, 1.82) is 0 Å². The molecular weight excluding hydrogens is 336 g/mol. The molecule has 0 rings (SSSR count). The molecule has 0 aromatic heterocycles. The van der Waals surface area contributed by atoms with Crippen LogP contribution >= 0.6 is 0 Å². The van der Waals surface area contributed by atoms with Crippen molar-refractivity contribution < 1.29 is 16.8 Å². The molecule has 2 atom stereocenters. The summed E-state index contributed by atoms with van der Waals surface area (Å²) >= 11 is 0. The lowest BCUT2D eigenvalue weighted by atomic mass is 9.98. The Hall–Kier alpha value is -0.130. The van der Waals surface area contributed by atoms with Crippen molar-refractivity contribution in [2.45, 2.75) is 105 Å². The molecule has 2 unspecified atom stereocenters. The van der Waals surface area contributed by atoms with Crippen molar-refractivity contribution in [1.82, 2.24) is 0 Å². The van der Waals surface area contributed by atoms with E-state index in [0.717, 1.165) is 51.4 Å². The first-order chi connectivity index (χ1) is 12.0. The molecule has 0 aliphatic heterocycles. The Balaban J connectivity index is 4.28. The summed E-state index contributed by atoms with van der Waals surface area (Å²) in [6.45, 7) is 9.13. The molecule has 0 bridgehead atoms. The van der Waals surface area contributed by atoms with E-state index in [9.17, 15) is 8.42 Å². The van der Waals surface area contributed by atoms with Crippen LogP contribution in [0.1, 0.15) is 105 Å². The van der Waals surface area contributed by atoms with Crippen LogP contribution in [0.15, 0.2) is 0 Å². The van der Waals surface area contributed by atoms with E-state index in [1.807, 2.05) is 0 Å². The number of hydrogen-bond acceptors (Lipinski definition) is 4. The van der Waals surface area contributed by atoms with E-state index in [-0.39, 0.29) is 13.2 Å². The van der Waals surface area contributed by atoms with Crippen molar-refractivity contribution in [2.75, 3.05) is 13.2 Å². The molecule has 0 radical (unpaired) electrons. The Labute approximate surface area is 157 Å². The Morgan fingerprint density at radius 1 is 0.600 bits per heavy atom. The van der Waals surface area contributed by atoms with Crippen LogP contribution in [0.25, 0.3) is 0 Å². The van der Waals surface area contributed by atoms with E-state index < -0.39 is 10.4 Å². The maximum Gasteiger partial charge on any atom is 0.399 e. The highest BCUT2D eigenvalue weighted by Gasteiger charge is 2.19. The second-order valence-corrected chi connectivity index (χ2v) is 8.57. The van der Waals surface area contributed by atoms with Crippen LogP contribution in [-0.4, -0.2) is 21.6 Å². The van der Waals surface area contributed by atoms with E-state index in [4.69, 9.17) is 8.37 Å². The van der Waals surface area contributed by atoms with Gasteiger partial charge in [-0.1, -0.05) is 79.1 Å². The molecule has 0 spiro atoms. The van der Waals surface area contributed by atoms with Crippen LogP contribution in [0.4, 0.5) is 0 Å². The molecule has 152 valence electrons. The fourth-order valence-corrected chi connectivity index (χ4v) is 3.98. The van der Waals surface area contributed by atoms with E-state index in [1.54, 1.807) is 0 Å². The summed E-state index contributed by atoms with van der Waals surface area (Å²) < 4.78 is 34.5. The number of rotatable bonds is 18. The summed E-state index contributed by atoms with van der Waals surface area (Å²) in [4.78, 5) is 0. The van der Waals surface area contributed by atoms with Crippen LogP contribution < -0.4 is 0 Å². The van der Waals surface area contributed by atoms with Gasteiger partial charge in [0.1, 0.15) is 0 Å². The maximum absolute atomic E-state index is 12.1. The lowest BCUT2D eigenvalue weighted by Gasteiger charge is -2.18. The zero-order valence-electron chi connectivity index (χ0n) is 17.1. The summed E-state index contributed by atoms with van der Waals surface area (Å²) in [5, 5.41) is 0. The highest BCUT2D eigenvalue weighted by Crippen LogP contribution is 2.20. The van der Waals surface area contributed by atoms with Gasteiger partial charge in [-0.2, -0.15) is 8.42 Å². The molecule has 0 fully saturated rings. The molecule has 0 aromatic rings. The van der Waals surface area contributed by atoms with E-state index in [1.165, 1.54) is 25.7 Å². The molecule has 0 amide bonds. The van der Waals surface area contributed by atoms with Gasteiger partial charge in [0.25, 0.3) is 0 Å². The minimum absolute atomic E-state index is 0.258. The van der Waals surface area contributed by atoms with Crippen molar-refractivity contribution in [3.63, 3.8) is 0 Å². The van der Waals surface area contributed by atoms with Gasteiger partial charge in [-0.3, -0.25) is 0 Å². The first-order valence-electron chi connectivity index (χ1n) is 10.5. The minimum atomic E-state index is -3.87. The maximum atomic E-state index is 12.1. The van der Waals surface area contributed by atoms with Crippen molar-refractivity contribution in [3.8, 4) is 0 Å². The Bertz CT molecular complexity index is 351. The highest BCUT2D eigenvalue weighted by molar-refractivity contribution is 7.81. The lowest BCUT2D eigenvalue weighted by molar-refractivity contribution is 0.156. The molecule has 0 aliphatic carbocycles. The van der Waals surface area contributed by atoms with Gasteiger partial charge < -0.3 is 0 Å². The monoisotopic (exact) mass is 378 g/mol. The predicted octanol–water partition coefficient (Wildman–Crippen LogP) is 6.26. The topological polar surface area (TPSA) is 52.6 Å². The Morgan fingerprint density at radius 3 is 1.32 bits per heavy atom. The number of hydrogen-bond donors (Lipinski definition) is 0. The smallest absolute Gasteiger partial charge is 0.248 e. The third kappa shape index (κ3) is 14.7. The first-order valence-corrected chi connectivity index (χ1v) is 11.9. The summed E-state index contributed by atoms with van der Waals surface area (Å²) in [5.74, 6) is 0.622. The van der Waals surface area contributed by atoms with Gasteiger partial charge >= 0.3 is 10.4 Å². The molecule has 25 heavy (non-hydrogen) atoms. The average molecular weight is 379 g/mol. The van der Waals surface area contributed by atoms with Gasteiger partial charge in [0.15, 0.2) is 0 Å². The summed E-state index contributed by atoms with van der Waals surface area (Å²) in [6, 6.07) is 0. The van der Waals surface area contributed by atoms with Gasteiger partial charge in [0.2, 0.25) is 0 Å². The molecule has 0 aromatic carbocycles. The largest absolute Gasteiger partial charge is 0.399 e. The molecule has 4 nitrogen and oxygen atoms in total. The summed E-state index contributed by atoms with van der Waals surface area (Å²) in [7, 11) is -3.87. The second-order valence-electron chi connectivity index (χ2n) is 7.28. The molecule has 5 heteroatoms. The van der Waals surface area contributed by atoms with E-state index in [0.29, 0.717) is 11.8 Å². The zero-order chi connectivity index (χ0) is 19.0. The normalized spacial score (nSPS) is 14.6.